The highest BCUT2D eigenvalue weighted by Gasteiger charge is 2.33. The quantitative estimate of drug-likeness (QED) is 0.813. The number of hydrogen-bond acceptors (Lipinski definition) is 2. The maximum atomic E-state index is 3.64. The Labute approximate surface area is 130 Å². The Hall–Kier alpha value is -0.860. The summed E-state index contributed by atoms with van der Waals surface area (Å²) in [6.45, 7) is 11.7. The van der Waals surface area contributed by atoms with Gasteiger partial charge in [0.05, 0.1) is 0 Å². The predicted molar refractivity (Wildman–Crippen MR) is 91.4 cm³/mol. The van der Waals surface area contributed by atoms with Crippen molar-refractivity contribution in [3.05, 3.63) is 35.9 Å². The molecule has 2 rings (SSSR count). The van der Waals surface area contributed by atoms with Gasteiger partial charge in [-0.1, -0.05) is 43.7 Å². The van der Waals surface area contributed by atoms with Crippen LogP contribution in [-0.2, 0) is 6.54 Å². The lowest BCUT2D eigenvalue weighted by molar-refractivity contribution is 0.0813. The molecule has 2 heteroatoms. The van der Waals surface area contributed by atoms with Crippen molar-refractivity contribution in [1.82, 2.24) is 10.2 Å². The highest BCUT2D eigenvalue weighted by molar-refractivity contribution is 5.14. The van der Waals surface area contributed by atoms with E-state index >= 15 is 0 Å². The normalized spacial score (nSPS) is 22.9. The maximum absolute atomic E-state index is 3.64. The van der Waals surface area contributed by atoms with Crippen LogP contribution in [-0.4, -0.2) is 30.6 Å². The lowest BCUT2D eigenvalue weighted by Gasteiger charge is -2.43. The first-order valence-electron chi connectivity index (χ1n) is 8.64. The van der Waals surface area contributed by atoms with Gasteiger partial charge in [-0.3, -0.25) is 4.90 Å². The summed E-state index contributed by atoms with van der Waals surface area (Å²) in [5.74, 6) is 0. The van der Waals surface area contributed by atoms with Crippen LogP contribution in [0.4, 0.5) is 0 Å². The summed E-state index contributed by atoms with van der Waals surface area (Å²) in [5.41, 5.74) is 1.91. The second-order valence-electron chi connectivity index (χ2n) is 7.01. The van der Waals surface area contributed by atoms with E-state index in [-0.39, 0.29) is 0 Å². The molecular formula is C19H32N2. The summed E-state index contributed by atoms with van der Waals surface area (Å²) in [6, 6.07) is 11.5. The molecule has 2 nitrogen and oxygen atoms in total. The van der Waals surface area contributed by atoms with Gasteiger partial charge in [0.2, 0.25) is 0 Å². The van der Waals surface area contributed by atoms with Gasteiger partial charge >= 0.3 is 0 Å². The van der Waals surface area contributed by atoms with Crippen LogP contribution in [0.5, 0.6) is 0 Å². The van der Waals surface area contributed by atoms with E-state index in [1.165, 1.54) is 50.9 Å². The molecule has 118 valence electrons. The number of nitrogens with one attached hydrogen (secondary N) is 1. The first-order valence-corrected chi connectivity index (χ1v) is 8.64. The molecule has 0 saturated carbocycles. The molecule has 1 aliphatic rings. The van der Waals surface area contributed by atoms with Crippen LogP contribution >= 0.6 is 0 Å². The van der Waals surface area contributed by atoms with Crippen LogP contribution in [0.1, 0.15) is 52.0 Å². The Morgan fingerprint density at radius 1 is 1.24 bits per heavy atom. The molecule has 1 aliphatic heterocycles. The number of hydrogen-bond donors (Lipinski definition) is 1. The number of benzene rings is 1. The fourth-order valence-electron chi connectivity index (χ4n) is 3.66. The van der Waals surface area contributed by atoms with E-state index in [1.54, 1.807) is 0 Å². The second kappa shape index (κ2) is 7.95. The Kier molecular flexibility index (Phi) is 6.25. The second-order valence-corrected chi connectivity index (χ2v) is 7.01. The molecule has 0 aliphatic carbocycles. The summed E-state index contributed by atoms with van der Waals surface area (Å²) < 4.78 is 0. The van der Waals surface area contributed by atoms with Gasteiger partial charge in [-0.2, -0.15) is 0 Å². The number of nitrogens with zero attached hydrogens (tertiary/aromatic N) is 1. The number of rotatable bonds is 7. The van der Waals surface area contributed by atoms with Crippen LogP contribution < -0.4 is 5.32 Å². The molecule has 1 unspecified atom stereocenters. The Bertz CT molecular complexity index is 388. The molecule has 1 aromatic rings. The van der Waals surface area contributed by atoms with Gasteiger partial charge in [0.15, 0.2) is 0 Å². The van der Waals surface area contributed by atoms with E-state index < -0.39 is 0 Å². The molecule has 0 amide bonds. The van der Waals surface area contributed by atoms with Gasteiger partial charge in [0, 0.05) is 25.7 Å². The van der Waals surface area contributed by atoms with Gasteiger partial charge in [0.1, 0.15) is 0 Å². The minimum atomic E-state index is 0.478. The lowest BCUT2D eigenvalue weighted by atomic mass is 9.76. The molecular weight excluding hydrogens is 256 g/mol. The number of piperidine rings is 1. The Balaban J connectivity index is 2.06. The molecule has 1 aromatic carbocycles. The molecule has 21 heavy (non-hydrogen) atoms. The van der Waals surface area contributed by atoms with Crippen LogP contribution in [0.15, 0.2) is 30.3 Å². The first kappa shape index (κ1) is 16.5. The molecule has 1 atom stereocenters. The average molecular weight is 288 g/mol. The lowest BCUT2D eigenvalue weighted by Crippen LogP contribution is -2.49. The maximum Gasteiger partial charge on any atom is 0.0236 e. The summed E-state index contributed by atoms with van der Waals surface area (Å²) in [4.78, 5) is 2.66. The van der Waals surface area contributed by atoms with E-state index in [9.17, 15) is 0 Å². The van der Waals surface area contributed by atoms with Gasteiger partial charge < -0.3 is 5.32 Å². The highest BCUT2D eigenvalue weighted by atomic mass is 15.2. The molecule has 1 fully saturated rings. The summed E-state index contributed by atoms with van der Waals surface area (Å²) in [6.07, 6.45) is 5.35. The van der Waals surface area contributed by atoms with Gasteiger partial charge in [-0.15, -0.1) is 0 Å². The molecule has 0 spiro atoms. The van der Waals surface area contributed by atoms with E-state index in [0.717, 1.165) is 6.54 Å². The Morgan fingerprint density at radius 2 is 2.00 bits per heavy atom. The zero-order valence-corrected chi connectivity index (χ0v) is 14.1. The first-order chi connectivity index (χ1) is 10.2. The monoisotopic (exact) mass is 288 g/mol. The molecule has 0 bridgehead atoms. The minimum absolute atomic E-state index is 0.478. The molecule has 0 aromatic heterocycles. The SMILES string of the molecule is CCCC1(CN(Cc2ccccc2)C(C)C)CCCNC1. The molecule has 1 saturated heterocycles. The van der Waals surface area contributed by atoms with E-state index in [2.05, 4.69) is 61.3 Å². The van der Waals surface area contributed by atoms with Crippen molar-refractivity contribution in [2.75, 3.05) is 19.6 Å². The van der Waals surface area contributed by atoms with Crippen LogP contribution in [0.25, 0.3) is 0 Å². The third kappa shape index (κ3) is 4.82. The smallest absolute Gasteiger partial charge is 0.0236 e. The Morgan fingerprint density at radius 3 is 2.57 bits per heavy atom. The summed E-state index contributed by atoms with van der Waals surface area (Å²) in [7, 11) is 0. The van der Waals surface area contributed by atoms with Crippen molar-refractivity contribution in [2.24, 2.45) is 5.41 Å². The largest absolute Gasteiger partial charge is 0.316 e. The predicted octanol–water partition coefficient (Wildman–Crippen LogP) is 4.07. The van der Waals surface area contributed by atoms with Crippen molar-refractivity contribution >= 4 is 0 Å². The van der Waals surface area contributed by atoms with E-state index in [4.69, 9.17) is 0 Å². The fourth-order valence-corrected chi connectivity index (χ4v) is 3.66. The topological polar surface area (TPSA) is 15.3 Å². The van der Waals surface area contributed by atoms with Crippen LogP contribution in [0.3, 0.4) is 0 Å². The van der Waals surface area contributed by atoms with Crippen LogP contribution in [0.2, 0.25) is 0 Å². The van der Waals surface area contributed by atoms with Crippen molar-refractivity contribution in [2.45, 2.75) is 59.0 Å². The summed E-state index contributed by atoms with van der Waals surface area (Å²) in [5, 5.41) is 3.64. The molecule has 0 radical (unpaired) electrons. The van der Waals surface area contributed by atoms with Gasteiger partial charge in [0.25, 0.3) is 0 Å². The van der Waals surface area contributed by atoms with Crippen LogP contribution in [0, 0.1) is 5.41 Å². The zero-order valence-electron chi connectivity index (χ0n) is 14.1. The molecule has 1 heterocycles. The van der Waals surface area contributed by atoms with Crippen molar-refractivity contribution < 1.29 is 0 Å². The molecule has 1 N–H and O–H groups in total. The van der Waals surface area contributed by atoms with E-state index in [1.807, 2.05) is 0 Å². The minimum Gasteiger partial charge on any atom is -0.316 e. The standard InChI is InChI=1S/C19H32N2/c1-4-11-19(12-8-13-20-15-19)16-21(17(2)3)14-18-9-6-5-7-10-18/h5-7,9-10,17,20H,4,8,11-16H2,1-3H3. The third-order valence-corrected chi connectivity index (χ3v) is 4.84. The van der Waals surface area contributed by atoms with Crippen molar-refractivity contribution in [3.8, 4) is 0 Å². The van der Waals surface area contributed by atoms with Gasteiger partial charge in [-0.25, -0.2) is 0 Å². The zero-order chi connectivity index (χ0) is 15.1. The summed E-state index contributed by atoms with van der Waals surface area (Å²) >= 11 is 0. The van der Waals surface area contributed by atoms with Gasteiger partial charge in [-0.05, 0) is 50.6 Å². The fraction of sp³-hybridized carbons (Fsp3) is 0.684. The average Bonchev–Trinajstić information content (AvgIpc) is 2.49. The van der Waals surface area contributed by atoms with E-state index in [0.29, 0.717) is 11.5 Å². The highest BCUT2D eigenvalue weighted by Crippen LogP contribution is 2.33. The third-order valence-electron chi connectivity index (χ3n) is 4.84. The van der Waals surface area contributed by atoms with Crippen molar-refractivity contribution in [3.63, 3.8) is 0 Å². The van der Waals surface area contributed by atoms with Crippen molar-refractivity contribution in [1.29, 1.82) is 0 Å².